The number of benzene rings is 2. The number of carboxylic acid groups (broad SMARTS) is 1. The number of nitrogens with zero attached hydrogens (tertiary/aromatic N) is 2. The van der Waals surface area contributed by atoms with Gasteiger partial charge < -0.3 is 20.1 Å². The first-order valence-corrected chi connectivity index (χ1v) is 8.79. The maximum Gasteiger partial charge on any atom is 0.272 e. The third kappa shape index (κ3) is 4.23. The van der Waals surface area contributed by atoms with Crippen molar-refractivity contribution in [1.29, 1.82) is 0 Å². The quantitative estimate of drug-likeness (QED) is 0.585. The minimum Gasteiger partial charge on any atom is -0.550 e. The lowest BCUT2D eigenvalue weighted by Crippen LogP contribution is -2.47. The highest BCUT2D eigenvalue weighted by Gasteiger charge is 2.47. The fraction of sp³-hybridized carbons (Fsp3) is 0.250. The van der Waals surface area contributed by atoms with Gasteiger partial charge in [0.05, 0.1) is 10.6 Å². The monoisotopic (exact) mass is 396 g/mol. The Morgan fingerprint density at radius 3 is 2.48 bits per heavy atom. The summed E-state index contributed by atoms with van der Waals surface area (Å²) in [7, 11) is 0. The summed E-state index contributed by atoms with van der Waals surface area (Å²) in [5, 5.41) is 28.7. The molecule has 1 aliphatic heterocycles. The molecule has 0 unspecified atom stereocenters. The van der Waals surface area contributed by atoms with E-state index < -0.39 is 28.8 Å². The number of anilines is 1. The highest BCUT2D eigenvalue weighted by Crippen LogP contribution is 2.32. The molecule has 3 rings (SSSR count). The molecule has 0 saturated carbocycles. The van der Waals surface area contributed by atoms with E-state index in [4.69, 9.17) is 4.84 Å². The van der Waals surface area contributed by atoms with Crippen molar-refractivity contribution in [1.82, 2.24) is 0 Å². The van der Waals surface area contributed by atoms with Gasteiger partial charge in [-0.25, -0.2) is 0 Å². The van der Waals surface area contributed by atoms with E-state index in [1.165, 1.54) is 24.3 Å². The zero-order valence-corrected chi connectivity index (χ0v) is 15.8. The van der Waals surface area contributed by atoms with Crippen LogP contribution in [0.3, 0.4) is 0 Å². The number of hydrogen-bond donors (Lipinski definition) is 1. The van der Waals surface area contributed by atoms with Gasteiger partial charge in [-0.05, 0) is 43.2 Å². The van der Waals surface area contributed by atoms with Crippen LogP contribution in [0.25, 0.3) is 0 Å². The minimum absolute atomic E-state index is 0.0955. The number of non-ortho nitro benzene ring substituents is 1. The van der Waals surface area contributed by atoms with E-state index in [0.29, 0.717) is 17.0 Å². The van der Waals surface area contributed by atoms with Crippen LogP contribution >= 0.6 is 0 Å². The molecule has 0 saturated heterocycles. The van der Waals surface area contributed by atoms with Crippen LogP contribution in [0.5, 0.6) is 0 Å². The highest BCUT2D eigenvalue weighted by molar-refractivity contribution is 6.09. The van der Waals surface area contributed by atoms with Crippen LogP contribution in [-0.2, 0) is 14.4 Å². The summed E-state index contributed by atoms with van der Waals surface area (Å²) < 4.78 is 0. The van der Waals surface area contributed by atoms with Crippen molar-refractivity contribution in [2.75, 3.05) is 5.32 Å². The van der Waals surface area contributed by atoms with Gasteiger partial charge in [-0.1, -0.05) is 22.9 Å². The van der Waals surface area contributed by atoms with Gasteiger partial charge in [-0.15, -0.1) is 0 Å². The Bertz CT molecular complexity index is 1020. The Labute approximate surface area is 166 Å². The number of nitrogens with one attached hydrogen (secondary N) is 1. The molecule has 0 fully saturated rings. The second kappa shape index (κ2) is 7.70. The van der Waals surface area contributed by atoms with Crippen LogP contribution in [0.15, 0.2) is 47.6 Å². The minimum atomic E-state index is -1.77. The largest absolute Gasteiger partial charge is 0.550 e. The molecule has 0 bridgehead atoms. The summed E-state index contributed by atoms with van der Waals surface area (Å²) in [6, 6.07) is 11.0. The standard InChI is InChI=1S/C20H19N3O6/c1-12-3-8-16(13(2)9-12)21-19(26)20(11-18(24)25)10-17(22-29-20)14-4-6-15(7-5-14)23(27)28/h3-9H,10-11H2,1-2H3,(H,21,26)(H,24,25)/p-1/t20-/m0/s1. The third-order valence-electron chi connectivity index (χ3n) is 4.67. The van der Waals surface area contributed by atoms with Gasteiger partial charge in [0.1, 0.15) is 0 Å². The highest BCUT2D eigenvalue weighted by atomic mass is 16.7. The molecule has 0 radical (unpaired) electrons. The molecule has 9 nitrogen and oxygen atoms in total. The normalized spacial score (nSPS) is 17.9. The average molecular weight is 396 g/mol. The number of amides is 1. The van der Waals surface area contributed by atoms with Gasteiger partial charge in [0, 0.05) is 36.6 Å². The molecule has 1 N–H and O–H groups in total. The number of aryl methyl sites for hydroxylation is 2. The molecule has 1 aliphatic rings. The Morgan fingerprint density at radius 2 is 1.90 bits per heavy atom. The van der Waals surface area contributed by atoms with Crippen molar-refractivity contribution in [3.8, 4) is 0 Å². The molecule has 150 valence electrons. The molecule has 2 aromatic rings. The lowest BCUT2D eigenvalue weighted by atomic mass is 9.90. The Morgan fingerprint density at radius 1 is 1.21 bits per heavy atom. The number of hydrogen-bond acceptors (Lipinski definition) is 7. The van der Waals surface area contributed by atoms with Crippen molar-refractivity contribution in [3.05, 3.63) is 69.3 Å². The van der Waals surface area contributed by atoms with Gasteiger partial charge in [0.2, 0.25) is 5.60 Å². The van der Waals surface area contributed by atoms with Gasteiger partial charge in [0.15, 0.2) is 0 Å². The van der Waals surface area contributed by atoms with Gasteiger partial charge in [0.25, 0.3) is 11.6 Å². The van der Waals surface area contributed by atoms with Crippen molar-refractivity contribution in [2.24, 2.45) is 5.16 Å². The van der Waals surface area contributed by atoms with E-state index in [-0.39, 0.29) is 12.1 Å². The maximum atomic E-state index is 12.9. The lowest BCUT2D eigenvalue weighted by Gasteiger charge is -2.26. The van der Waals surface area contributed by atoms with Crippen molar-refractivity contribution in [2.45, 2.75) is 32.3 Å². The average Bonchev–Trinajstić information content (AvgIpc) is 3.08. The molecule has 0 spiro atoms. The summed E-state index contributed by atoms with van der Waals surface area (Å²) in [6.45, 7) is 3.74. The lowest BCUT2D eigenvalue weighted by molar-refractivity contribution is -0.384. The van der Waals surface area contributed by atoms with Crippen LogP contribution in [0.4, 0.5) is 11.4 Å². The van der Waals surface area contributed by atoms with E-state index in [2.05, 4.69) is 10.5 Å². The number of carbonyl (C=O) groups is 2. The van der Waals surface area contributed by atoms with Crippen LogP contribution in [0.2, 0.25) is 0 Å². The number of nitro groups is 1. The molecular weight excluding hydrogens is 378 g/mol. The predicted molar refractivity (Wildman–Crippen MR) is 102 cm³/mol. The number of carboxylic acids is 1. The number of aliphatic carboxylic acids is 1. The van der Waals surface area contributed by atoms with E-state index in [0.717, 1.165) is 11.1 Å². The van der Waals surface area contributed by atoms with Crippen molar-refractivity contribution >= 4 is 29.0 Å². The third-order valence-corrected chi connectivity index (χ3v) is 4.67. The molecule has 0 aromatic heterocycles. The topological polar surface area (TPSA) is 134 Å². The fourth-order valence-electron chi connectivity index (χ4n) is 3.13. The summed E-state index contributed by atoms with van der Waals surface area (Å²) in [5.41, 5.74) is 1.31. The zero-order chi connectivity index (χ0) is 21.2. The van der Waals surface area contributed by atoms with Crippen molar-refractivity contribution in [3.63, 3.8) is 0 Å². The van der Waals surface area contributed by atoms with Gasteiger partial charge in [-0.2, -0.15) is 0 Å². The molecule has 1 heterocycles. The van der Waals surface area contributed by atoms with E-state index in [9.17, 15) is 24.8 Å². The number of nitro benzene ring substituents is 1. The van der Waals surface area contributed by atoms with Gasteiger partial charge >= 0.3 is 0 Å². The summed E-state index contributed by atoms with van der Waals surface area (Å²) >= 11 is 0. The van der Waals surface area contributed by atoms with E-state index in [1.807, 2.05) is 26.0 Å². The Kier molecular flexibility index (Phi) is 5.31. The second-order valence-electron chi connectivity index (χ2n) is 6.93. The fourth-order valence-corrected chi connectivity index (χ4v) is 3.13. The first-order chi connectivity index (χ1) is 13.7. The smallest absolute Gasteiger partial charge is 0.272 e. The van der Waals surface area contributed by atoms with Gasteiger partial charge in [-0.3, -0.25) is 14.9 Å². The van der Waals surface area contributed by atoms with E-state index >= 15 is 0 Å². The molecule has 0 aliphatic carbocycles. The second-order valence-corrected chi connectivity index (χ2v) is 6.93. The zero-order valence-electron chi connectivity index (χ0n) is 15.8. The molecule has 1 atom stereocenters. The molecule has 2 aromatic carbocycles. The van der Waals surface area contributed by atoms with E-state index in [1.54, 1.807) is 6.07 Å². The molecule has 29 heavy (non-hydrogen) atoms. The summed E-state index contributed by atoms with van der Waals surface area (Å²) in [6.07, 6.45) is -0.806. The van der Waals surface area contributed by atoms with Crippen LogP contribution < -0.4 is 10.4 Å². The number of rotatable bonds is 6. The first-order valence-electron chi connectivity index (χ1n) is 8.79. The van der Waals surface area contributed by atoms with Crippen LogP contribution in [0.1, 0.15) is 29.5 Å². The SMILES string of the molecule is Cc1ccc(NC(=O)[C@@]2(CC(=O)[O-])CC(c3ccc([N+](=O)[O-])cc3)=NO2)c(C)c1. The molecule has 9 heteroatoms. The van der Waals surface area contributed by atoms with Crippen LogP contribution in [0, 0.1) is 24.0 Å². The van der Waals surface area contributed by atoms with Crippen LogP contribution in [-0.4, -0.2) is 28.1 Å². The van der Waals surface area contributed by atoms with Crippen molar-refractivity contribution < 1.29 is 24.5 Å². The first kappa shape index (κ1) is 20.0. The number of oxime groups is 1. The summed E-state index contributed by atoms with van der Waals surface area (Å²) in [4.78, 5) is 39.8. The summed E-state index contributed by atoms with van der Waals surface area (Å²) in [5.74, 6) is -2.12. The predicted octanol–water partition coefficient (Wildman–Crippen LogP) is 1.85. The molecular formula is C20H18N3O6-. The molecule has 1 amide bonds. The Balaban J connectivity index is 1.83. The Hall–Kier alpha value is -3.75. The number of carbonyl (C=O) groups excluding carboxylic acids is 2. The maximum absolute atomic E-state index is 12.9.